The Labute approximate surface area is 126 Å². The second kappa shape index (κ2) is 7.81. The molecule has 21 heavy (non-hydrogen) atoms. The second-order valence-corrected chi connectivity index (χ2v) is 5.98. The molecule has 2 rings (SSSR count). The first-order chi connectivity index (χ1) is 10.1. The van der Waals surface area contributed by atoms with Gasteiger partial charge in [0, 0.05) is 12.4 Å². The molecule has 0 spiro atoms. The minimum Gasteiger partial charge on any atom is -0.393 e. The van der Waals surface area contributed by atoms with Crippen LogP contribution in [0.25, 0.3) is 0 Å². The molecule has 1 unspecified atom stereocenters. The van der Waals surface area contributed by atoms with Gasteiger partial charge in [-0.3, -0.25) is 0 Å². The van der Waals surface area contributed by atoms with E-state index in [-0.39, 0.29) is 0 Å². The highest BCUT2D eigenvalue weighted by Crippen LogP contribution is 2.23. The Hall–Kier alpha value is -1.84. The van der Waals surface area contributed by atoms with Crippen molar-refractivity contribution in [3.05, 3.63) is 29.8 Å². The topological polar surface area (TPSA) is 43.2 Å². The minimum atomic E-state index is 0.332. The molecule has 1 aliphatic rings. The van der Waals surface area contributed by atoms with E-state index in [0.717, 1.165) is 25.0 Å². The molecule has 4 heteroatoms. The molecule has 4 nitrogen and oxygen atoms in total. The van der Waals surface area contributed by atoms with Crippen molar-refractivity contribution < 1.29 is 9.68 Å². The van der Waals surface area contributed by atoms with E-state index in [1.807, 2.05) is 24.4 Å². The molecule has 1 aliphatic carbocycles. The lowest BCUT2D eigenvalue weighted by Crippen LogP contribution is -2.02. The monoisotopic (exact) mass is 288 g/mol. The van der Waals surface area contributed by atoms with Crippen LogP contribution in [0.5, 0.6) is 5.75 Å². The zero-order chi connectivity index (χ0) is 15.1. The van der Waals surface area contributed by atoms with Crippen molar-refractivity contribution in [2.45, 2.75) is 46.1 Å². The Kier molecular flexibility index (Phi) is 5.78. The summed E-state index contributed by atoms with van der Waals surface area (Å²) < 4.78 is 0. The van der Waals surface area contributed by atoms with Crippen LogP contribution in [0, 0.1) is 11.8 Å². The highest BCUT2D eigenvalue weighted by atomic mass is 16.6. The fourth-order valence-corrected chi connectivity index (χ4v) is 1.77. The molecule has 1 saturated carbocycles. The van der Waals surface area contributed by atoms with E-state index in [9.17, 15) is 0 Å². The average molecular weight is 288 g/mol. The van der Waals surface area contributed by atoms with Crippen molar-refractivity contribution in [2.24, 2.45) is 22.1 Å². The minimum absolute atomic E-state index is 0.332. The number of hydrogen-bond donors (Lipinski definition) is 0. The Morgan fingerprint density at radius 1 is 1.19 bits per heavy atom. The molecule has 0 radical (unpaired) electrons. The quantitative estimate of drug-likeness (QED) is 0.535. The first-order valence-corrected chi connectivity index (χ1v) is 7.62. The van der Waals surface area contributed by atoms with Crippen LogP contribution in [0.4, 0.5) is 0 Å². The summed E-state index contributed by atoms with van der Waals surface area (Å²) in [5, 5.41) is 8.01. The van der Waals surface area contributed by atoms with Gasteiger partial charge in [-0.05, 0) is 48.8 Å². The number of oxime groups is 2. The van der Waals surface area contributed by atoms with Gasteiger partial charge in [-0.25, -0.2) is 0 Å². The van der Waals surface area contributed by atoms with E-state index in [1.165, 1.54) is 5.56 Å². The zero-order valence-corrected chi connectivity index (χ0v) is 13.0. The summed E-state index contributed by atoms with van der Waals surface area (Å²) in [5.41, 5.74) is 1.21. The van der Waals surface area contributed by atoms with Gasteiger partial charge in [0.1, 0.15) is 6.10 Å². The van der Waals surface area contributed by atoms with E-state index in [2.05, 4.69) is 37.1 Å². The largest absolute Gasteiger partial charge is 0.393 e. The molecule has 0 heterocycles. The van der Waals surface area contributed by atoms with E-state index in [1.54, 1.807) is 6.21 Å². The first kappa shape index (κ1) is 15.5. The number of hydrogen-bond acceptors (Lipinski definition) is 4. The number of rotatable bonds is 8. The van der Waals surface area contributed by atoms with Crippen LogP contribution in [-0.4, -0.2) is 18.5 Å². The fourth-order valence-electron chi connectivity index (χ4n) is 1.77. The van der Waals surface area contributed by atoms with E-state index in [0.29, 0.717) is 17.9 Å². The molecular weight excluding hydrogens is 264 g/mol. The summed E-state index contributed by atoms with van der Waals surface area (Å²) in [6, 6.07) is 8.01. The van der Waals surface area contributed by atoms with Crippen LogP contribution in [-0.2, 0) is 11.3 Å². The Bertz CT molecular complexity index is 493. The van der Waals surface area contributed by atoms with Gasteiger partial charge in [-0.2, -0.15) is 0 Å². The predicted octanol–water partition coefficient (Wildman–Crippen LogP) is 4.05. The highest BCUT2D eigenvalue weighted by molar-refractivity contribution is 5.60. The van der Waals surface area contributed by atoms with Gasteiger partial charge in [0.15, 0.2) is 5.75 Å². The molecule has 0 aliphatic heterocycles. The Balaban J connectivity index is 1.82. The molecule has 114 valence electrons. The fraction of sp³-hybridized carbons (Fsp3) is 0.529. The number of nitrogens with zero attached hydrogens (tertiary/aromatic N) is 2. The third kappa shape index (κ3) is 6.43. The van der Waals surface area contributed by atoms with Crippen molar-refractivity contribution in [2.75, 3.05) is 0 Å². The smallest absolute Gasteiger partial charge is 0.158 e. The molecule has 0 N–H and O–H groups in total. The van der Waals surface area contributed by atoms with Gasteiger partial charge in [0.2, 0.25) is 0 Å². The summed E-state index contributed by atoms with van der Waals surface area (Å²) >= 11 is 0. The lowest BCUT2D eigenvalue weighted by molar-refractivity contribution is 0.129. The van der Waals surface area contributed by atoms with E-state index < -0.39 is 0 Å². The van der Waals surface area contributed by atoms with Crippen molar-refractivity contribution in [1.82, 2.24) is 0 Å². The van der Waals surface area contributed by atoms with Crippen LogP contribution in [0.1, 0.15) is 39.2 Å². The van der Waals surface area contributed by atoms with E-state index >= 15 is 0 Å². The molecular formula is C17H24N2O2. The zero-order valence-electron chi connectivity index (χ0n) is 13.0. The van der Waals surface area contributed by atoms with Gasteiger partial charge in [0.25, 0.3) is 0 Å². The maximum atomic E-state index is 5.37. The second-order valence-electron chi connectivity index (χ2n) is 5.98. The third-order valence-corrected chi connectivity index (χ3v) is 3.02. The van der Waals surface area contributed by atoms with Gasteiger partial charge < -0.3 is 9.68 Å². The lowest BCUT2D eigenvalue weighted by atomic mass is 10.0. The van der Waals surface area contributed by atoms with Crippen molar-refractivity contribution in [3.8, 4) is 5.75 Å². The summed E-state index contributed by atoms with van der Waals surface area (Å²) in [7, 11) is 0. The van der Waals surface area contributed by atoms with Gasteiger partial charge in [0.05, 0.1) is 0 Å². The molecule has 0 aromatic heterocycles. The van der Waals surface area contributed by atoms with Gasteiger partial charge in [-0.15, -0.1) is 0 Å². The van der Waals surface area contributed by atoms with Crippen LogP contribution in [0.15, 0.2) is 34.6 Å². The van der Waals surface area contributed by atoms with Gasteiger partial charge >= 0.3 is 0 Å². The number of benzene rings is 1. The normalized spacial score (nSPS) is 16.8. The van der Waals surface area contributed by atoms with E-state index in [4.69, 9.17) is 9.68 Å². The highest BCUT2D eigenvalue weighted by Gasteiger charge is 2.23. The molecule has 1 aromatic rings. The van der Waals surface area contributed by atoms with Crippen molar-refractivity contribution in [3.63, 3.8) is 0 Å². The van der Waals surface area contributed by atoms with Crippen LogP contribution < -0.4 is 4.84 Å². The van der Waals surface area contributed by atoms with Crippen LogP contribution >= 0.6 is 0 Å². The molecule has 1 atom stereocenters. The average Bonchev–Trinajstić information content (AvgIpc) is 3.23. The summed E-state index contributed by atoms with van der Waals surface area (Å²) in [6.45, 7) is 6.26. The predicted molar refractivity (Wildman–Crippen MR) is 85.9 cm³/mol. The summed E-state index contributed by atoms with van der Waals surface area (Å²) in [6.07, 6.45) is 7.22. The van der Waals surface area contributed by atoms with Gasteiger partial charge in [-0.1, -0.05) is 43.2 Å². The SMILES string of the molecule is CC(C)/C=N/Oc1cccc(CC(C)/C=N/OC2CC2)c1. The van der Waals surface area contributed by atoms with Crippen LogP contribution in [0.2, 0.25) is 0 Å². The van der Waals surface area contributed by atoms with Crippen molar-refractivity contribution >= 4 is 12.4 Å². The first-order valence-electron chi connectivity index (χ1n) is 7.62. The van der Waals surface area contributed by atoms with Crippen molar-refractivity contribution in [1.29, 1.82) is 0 Å². The molecule has 0 saturated heterocycles. The maximum absolute atomic E-state index is 5.37. The summed E-state index contributed by atoms with van der Waals surface area (Å²) in [5.74, 6) is 1.48. The molecule has 0 amide bonds. The molecule has 0 bridgehead atoms. The Morgan fingerprint density at radius 3 is 2.71 bits per heavy atom. The molecule has 1 aromatic carbocycles. The maximum Gasteiger partial charge on any atom is 0.158 e. The standard InChI is InChI=1S/C17H24N2O2/c1-13(2)11-18-21-17-6-4-5-15(10-17)9-14(3)12-19-20-16-7-8-16/h4-6,10-14,16H,7-9H2,1-3H3/b18-11+,19-12+. The van der Waals surface area contributed by atoms with Crippen LogP contribution in [0.3, 0.4) is 0 Å². The summed E-state index contributed by atoms with van der Waals surface area (Å²) in [4.78, 5) is 10.7. The molecule has 1 fully saturated rings. The Morgan fingerprint density at radius 2 is 2.00 bits per heavy atom. The lowest BCUT2D eigenvalue weighted by Gasteiger charge is -2.07. The third-order valence-electron chi connectivity index (χ3n) is 3.02.